The molecule has 0 aliphatic heterocycles. The zero-order valence-electron chi connectivity index (χ0n) is 9.45. The molecule has 1 heterocycles. The van der Waals surface area contributed by atoms with Gasteiger partial charge in [-0.2, -0.15) is 0 Å². The molecule has 0 aliphatic carbocycles. The minimum atomic E-state index is -0.456. The van der Waals surface area contributed by atoms with Crippen LogP contribution < -0.4 is 0 Å². The Labute approximate surface area is 104 Å². The lowest BCUT2D eigenvalue weighted by Crippen LogP contribution is -1.93. The highest BCUT2D eigenvalue weighted by molar-refractivity contribution is 6.28. The Morgan fingerprint density at radius 2 is 2.18 bits per heavy atom. The van der Waals surface area contributed by atoms with Gasteiger partial charge in [0, 0.05) is 5.56 Å². The molecule has 2 aromatic rings. The second-order valence-corrected chi connectivity index (χ2v) is 4.12. The molecule has 1 aromatic carbocycles. The summed E-state index contributed by atoms with van der Waals surface area (Å²) in [5, 5.41) is 0.0577. The number of benzene rings is 1. The van der Waals surface area contributed by atoms with Crippen molar-refractivity contribution < 1.29 is 4.39 Å². The quantitative estimate of drug-likeness (QED) is 0.773. The van der Waals surface area contributed by atoms with Gasteiger partial charge in [0.1, 0.15) is 5.69 Å². The molecule has 1 aromatic heterocycles. The topological polar surface area (TPSA) is 25.8 Å². The Morgan fingerprint density at radius 1 is 1.35 bits per heavy atom. The van der Waals surface area contributed by atoms with E-state index in [1.165, 1.54) is 5.56 Å². The molecule has 0 spiro atoms. The van der Waals surface area contributed by atoms with Gasteiger partial charge >= 0.3 is 0 Å². The highest BCUT2D eigenvalue weighted by atomic mass is 35.5. The van der Waals surface area contributed by atoms with E-state index in [-0.39, 0.29) is 11.0 Å². The van der Waals surface area contributed by atoms with Crippen molar-refractivity contribution in [1.29, 1.82) is 0 Å². The third-order valence-electron chi connectivity index (χ3n) is 2.45. The molecule has 2 nitrogen and oxygen atoms in total. The molecule has 0 N–H and O–H groups in total. The van der Waals surface area contributed by atoms with E-state index in [0.29, 0.717) is 0 Å². The minimum Gasteiger partial charge on any atom is -0.223 e. The first-order chi connectivity index (χ1) is 8.20. The van der Waals surface area contributed by atoms with Crippen LogP contribution in [0.1, 0.15) is 18.9 Å². The number of hydrogen-bond acceptors (Lipinski definition) is 2. The van der Waals surface area contributed by atoms with Gasteiger partial charge in [-0.1, -0.05) is 31.5 Å². The molecule has 2 rings (SSSR count). The average molecular weight is 251 g/mol. The van der Waals surface area contributed by atoms with Gasteiger partial charge in [-0.25, -0.2) is 14.4 Å². The zero-order valence-corrected chi connectivity index (χ0v) is 10.2. The maximum atomic E-state index is 13.6. The Hall–Kier alpha value is -1.48. The van der Waals surface area contributed by atoms with Crippen LogP contribution in [0.3, 0.4) is 0 Å². The van der Waals surface area contributed by atoms with E-state index < -0.39 is 5.82 Å². The Bertz CT molecular complexity index is 529. The standard InChI is InChI=1S/C13H12ClFN2/c1-2-4-9-5-3-6-10(7-9)12-11(15)8-16-13(14)17-12/h3,5-8H,2,4H2,1H3. The molecule has 0 fully saturated rings. The first-order valence-electron chi connectivity index (χ1n) is 5.48. The van der Waals surface area contributed by atoms with Crippen LogP contribution in [0.2, 0.25) is 5.28 Å². The van der Waals surface area contributed by atoms with Crippen molar-refractivity contribution in [3.05, 3.63) is 47.1 Å². The van der Waals surface area contributed by atoms with E-state index in [1.54, 1.807) is 0 Å². The van der Waals surface area contributed by atoms with Crippen molar-refractivity contribution >= 4 is 11.6 Å². The molecule has 0 bridgehead atoms. The van der Waals surface area contributed by atoms with Crippen LogP contribution in [-0.4, -0.2) is 9.97 Å². The van der Waals surface area contributed by atoms with Crippen LogP contribution in [0, 0.1) is 5.82 Å². The molecule has 0 unspecified atom stereocenters. The van der Waals surface area contributed by atoms with Gasteiger partial charge in [0.25, 0.3) is 0 Å². The highest BCUT2D eigenvalue weighted by Crippen LogP contribution is 2.22. The van der Waals surface area contributed by atoms with Gasteiger partial charge in [0.15, 0.2) is 5.82 Å². The number of rotatable bonds is 3. The minimum absolute atomic E-state index is 0.0577. The number of hydrogen-bond donors (Lipinski definition) is 0. The van der Waals surface area contributed by atoms with Crippen molar-refractivity contribution in [3.8, 4) is 11.3 Å². The molecule has 17 heavy (non-hydrogen) atoms. The highest BCUT2D eigenvalue weighted by Gasteiger charge is 2.08. The molecule has 0 aliphatic rings. The molecular weight excluding hydrogens is 239 g/mol. The van der Waals surface area contributed by atoms with E-state index in [4.69, 9.17) is 11.6 Å². The summed E-state index contributed by atoms with van der Waals surface area (Å²) in [6.45, 7) is 2.11. The maximum absolute atomic E-state index is 13.6. The first-order valence-corrected chi connectivity index (χ1v) is 5.86. The second-order valence-electron chi connectivity index (χ2n) is 3.79. The summed E-state index contributed by atoms with van der Waals surface area (Å²) in [5.41, 5.74) is 2.15. The van der Waals surface area contributed by atoms with E-state index in [9.17, 15) is 4.39 Å². The normalized spacial score (nSPS) is 10.5. The van der Waals surface area contributed by atoms with Crippen LogP contribution in [0.4, 0.5) is 4.39 Å². The van der Waals surface area contributed by atoms with Gasteiger partial charge in [0.05, 0.1) is 6.20 Å². The van der Waals surface area contributed by atoms with E-state index >= 15 is 0 Å². The van der Waals surface area contributed by atoms with Crippen LogP contribution in [-0.2, 0) is 6.42 Å². The predicted molar refractivity (Wildman–Crippen MR) is 66.4 cm³/mol. The third-order valence-corrected chi connectivity index (χ3v) is 2.64. The second kappa shape index (κ2) is 5.23. The largest absolute Gasteiger partial charge is 0.223 e. The van der Waals surface area contributed by atoms with Crippen LogP contribution >= 0.6 is 11.6 Å². The zero-order chi connectivity index (χ0) is 12.3. The SMILES string of the molecule is CCCc1cccc(-c2nc(Cl)ncc2F)c1. The summed E-state index contributed by atoms with van der Waals surface area (Å²) in [7, 11) is 0. The molecule has 0 atom stereocenters. The third kappa shape index (κ3) is 2.80. The van der Waals surface area contributed by atoms with E-state index in [2.05, 4.69) is 16.9 Å². The molecule has 88 valence electrons. The summed E-state index contributed by atoms with van der Waals surface area (Å²) >= 11 is 5.68. The molecule has 0 saturated carbocycles. The summed E-state index contributed by atoms with van der Waals surface area (Å²) in [6, 6.07) is 7.68. The number of halogens is 2. The van der Waals surface area contributed by atoms with Gasteiger partial charge < -0.3 is 0 Å². The number of aromatic nitrogens is 2. The predicted octanol–water partition coefficient (Wildman–Crippen LogP) is 3.89. The van der Waals surface area contributed by atoms with Gasteiger partial charge in [-0.15, -0.1) is 0 Å². The van der Waals surface area contributed by atoms with Crippen molar-refractivity contribution in [3.63, 3.8) is 0 Å². The molecule has 0 radical (unpaired) electrons. The number of aryl methyl sites for hydroxylation is 1. The molecular formula is C13H12ClFN2. The van der Waals surface area contributed by atoms with E-state index in [1.807, 2.05) is 24.3 Å². The fraction of sp³-hybridized carbons (Fsp3) is 0.231. The van der Waals surface area contributed by atoms with Crippen molar-refractivity contribution in [1.82, 2.24) is 9.97 Å². The van der Waals surface area contributed by atoms with Crippen molar-refractivity contribution in [2.45, 2.75) is 19.8 Å². The van der Waals surface area contributed by atoms with Crippen LogP contribution in [0.5, 0.6) is 0 Å². The summed E-state index contributed by atoms with van der Waals surface area (Å²) in [4.78, 5) is 7.53. The molecule has 0 saturated heterocycles. The summed E-state index contributed by atoms with van der Waals surface area (Å²) in [5.74, 6) is -0.456. The smallest absolute Gasteiger partial charge is 0.223 e. The van der Waals surface area contributed by atoms with Crippen molar-refractivity contribution in [2.24, 2.45) is 0 Å². The fourth-order valence-electron chi connectivity index (χ4n) is 1.71. The Morgan fingerprint density at radius 3 is 2.94 bits per heavy atom. The Kier molecular flexibility index (Phi) is 3.69. The van der Waals surface area contributed by atoms with Gasteiger partial charge in [-0.3, -0.25) is 0 Å². The lowest BCUT2D eigenvalue weighted by Gasteiger charge is -2.05. The molecule has 4 heteroatoms. The average Bonchev–Trinajstić information content (AvgIpc) is 2.33. The first kappa shape index (κ1) is 12.0. The fourth-order valence-corrected chi connectivity index (χ4v) is 1.84. The van der Waals surface area contributed by atoms with E-state index in [0.717, 1.165) is 24.6 Å². The summed E-state index contributed by atoms with van der Waals surface area (Å²) in [6.07, 6.45) is 3.11. The van der Waals surface area contributed by atoms with Gasteiger partial charge in [-0.05, 0) is 29.7 Å². The molecule has 0 amide bonds. The Balaban J connectivity index is 2.45. The maximum Gasteiger partial charge on any atom is 0.223 e. The summed E-state index contributed by atoms with van der Waals surface area (Å²) < 4.78 is 13.6. The van der Waals surface area contributed by atoms with Gasteiger partial charge in [0.2, 0.25) is 5.28 Å². The van der Waals surface area contributed by atoms with Crippen molar-refractivity contribution in [2.75, 3.05) is 0 Å². The monoisotopic (exact) mass is 250 g/mol. The van der Waals surface area contributed by atoms with Crippen LogP contribution in [0.15, 0.2) is 30.5 Å². The lowest BCUT2D eigenvalue weighted by atomic mass is 10.0. The lowest BCUT2D eigenvalue weighted by molar-refractivity contribution is 0.618. The van der Waals surface area contributed by atoms with Crippen LogP contribution in [0.25, 0.3) is 11.3 Å². The number of nitrogens with zero attached hydrogens (tertiary/aromatic N) is 2.